The smallest absolute Gasteiger partial charge is 0.211 e. The van der Waals surface area contributed by atoms with E-state index in [0.717, 1.165) is 19.4 Å². The first-order valence-electron chi connectivity index (χ1n) is 6.17. The summed E-state index contributed by atoms with van der Waals surface area (Å²) in [6.07, 6.45) is 2.34. The van der Waals surface area contributed by atoms with E-state index in [1.165, 1.54) is 0 Å². The molecule has 0 aromatic carbocycles. The summed E-state index contributed by atoms with van der Waals surface area (Å²) in [6, 6.07) is 0.403. The highest BCUT2D eigenvalue weighted by atomic mass is 32.2. The van der Waals surface area contributed by atoms with Gasteiger partial charge in [-0.25, -0.2) is 13.1 Å². The Kier molecular flexibility index (Phi) is 9.72. The van der Waals surface area contributed by atoms with Crippen molar-refractivity contribution in [1.82, 2.24) is 10.0 Å². The number of methoxy groups -OCH3 is 1. The van der Waals surface area contributed by atoms with Gasteiger partial charge in [-0.1, -0.05) is 13.8 Å². The molecule has 2 N–H and O–H groups in total. The molecule has 6 heteroatoms. The topological polar surface area (TPSA) is 67.4 Å². The van der Waals surface area contributed by atoms with Crippen LogP contribution < -0.4 is 10.0 Å². The maximum absolute atomic E-state index is 11.5. The average Bonchev–Trinajstić information content (AvgIpc) is 2.24. The van der Waals surface area contributed by atoms with Crippen molar-refractivity contribution in [3.63, 3.8) is 0 Å². The number of hydrogen-bond acceptors (Lipinski definition) is 4. The highest BCUT2D eigenvalue weighted by Crippen LogP contribution is 1.92. The second kappa shape index (κ2) is 9.82. The van der Waals surface area contributed by atoms with Crippen LogP contribution in [-0.4, -0.2) is 47.0 Å². The van der Waals surface area contributed by atoms with Crippen molar-refractivity contribution in [2.45, 2.75) is 39.2 Å². The third-order valence-electron chi connectivity index (χ3n) is 2.24. The van der Waals surface area contributed by atoms with Gasteiger partial charge in [0.05, 0.1) is 5.75 Å². The highest BCUT2D eigenvalue weighted by Gasteiger charge is 2.08. The van der Waals surface area contributed by atoms with E-state index in [9.17, 15) is 8.42 Å². The van der Waals surface area contributed by atoms with Gasteiger partial charge in [0.1, 0.15) is 0 Å². The third kappa shape index (κ3) is 12.1. The van der Waals surface area contributed by atoms with Gasteiger partial charge in [-0.15, -0.1) is 0 Å². The molecule has 17 heavy (non-hydrogen) atoms. The van der Waals surface area contributed by atoms with E-state index in [0.29, 0.717) is 25.6 Å². The van der Waals surface area contributed by atoms with Crippen LogP contribution in [0.1, 0.15) is 33.1 Å². The van der Waals surface area contributed by atoms with Gasteiger partial charge in [0.2, 0.25) is 10.0 Å². The summed E-state index contributed by atoms with van der Waals surface area (Å²) < 4.78 is 30.6. The number of nitrogens with one attached hydrogen (secondary N) is 2. The van der Waals surface area contributed by atoms with Gasteiger partial charge in [-0.05, 0) is 25.8 Å². The summed E-state index contributed by atoms with van der Waals surface area (Å²) in [5.74, 6) is 0.191. The Morgan fingerprint density at radius 2 is 1.82 bits per heavy atom. The molecule has 0 aliphatic carbocycles. The van der Waals surface area contributed by atoms with Crippen LogP contribution in [0.3, 0.4) is 0 Å². The van der Waals surface area contributed by atoms with E-state index in [4.69, 9.17) is 4.74 Å². The summed E-state index contributed by atoms with van der Waals surface area (Å²) in [5, 5.41) is 3.19. The number of unbranched alkanes of at least 4 members (excludes halogenated alkanes) is 1. The standard InChI is InChI=1S/C11H26N2O3S/c1-11(2)12-7-6-10-17(14,15)13-8-4-5-9-16-3/h11-13H,4-10H2,1-3H3. The molecule has 0 aromatic rings. The van der Waals surface area contributed by atoms with Crippen molar-refractivity contribution in [3.8, 4) is 0 Å². The normalized spacial score (nSPS) is 12.2. The van der Waals surface area contributed by atoms with E-state index in [1.807, 2.05) is 13.8 Å². The van der Waals surface area contributed by atoms with Gasteiger partial charge in [-0.2, -0.15) is 0 Å². The average molecular weight is 266 g/mol. The molecule has 0 spiro atoms. The quantitative estimate of drug-likeness (QED) is 0.541. The molecule has 0 aliphatic heterocycles. The fourth-order valence-electron chi connectivity index (χ4n) is 1.32. The fraction of sp³-hybridized carbons (Fsp3) is 1.00. The largest absolute Gasteiger partial charge is 0.385 e. The minimum atomic E-state index is -3.10. The molecule has 0 atom stereocenters. The lowest BCUT2D eigenvalue weighted by molar-refractivity contribution is 0.193. The van der Waals surface area contributed by atoms with Gasteiger partial charge >= 0.3 is 0 Å². The SMILES string of the molecule is COCCCCNS(=O)(=O)CCCNC(C)C. The molecule has 0 rings (SSSR count). The first-order chi connectivity index (χ1) is 7.98. The second-order valence-electron chi connectivity index (χ2n) is 4.38. The Balaban J connectivity index is 3.52. The van der Waals surface area contributed by atoms with Gasteiger partial charge in [-0.3, -0.25) is 0 Å². The zero-order valence-corrected chi connectivity index (χ0v) is 12.0. The first kappa shape index (κ1) is 16.8. The van der Waals surface area contributed by atoms with E-state index in [2.05, 4.69) is 10.0 Å². The lowest BCUT2D eigenvalue weighted by atomic mass is 10.3. The first-order valence-corrected chi connectivity index (χ1v) is 7.83. The Hall–Kier alpha value is -0.170. The molecule has 0 bridgehead atoms. The van der Waals surface area contributed by atoms with Crippen LogP contribution in [0.5, 0.6) is 0 Å². The van der Waals surface area contributed by atoms with Crippen molar-refractivity contribution in [1.29, 1.82) is 0 Å². The molecule has 0 aromatic heterocycles. The molecule has 0 unspecified atom stereocenters. The summed E-state index contributed by atoms with van der Waals surface area (Å²) in [6.45, 7) is 6.01. The number of sulfonamides is 1. The van der Waals surface area contributed by atoms with Crippen molar-refractivity contribution < 1.29 is 13.2 Å². The Bertz CT molecular complexity index is 266. The highest BCUT2D eigenvalue weighted by molar-refractivity contribution is 7.89. The second-order valence-corrected chi connectivity index (χ2v) is 6.30. The number of rotatable bonds is 11. The molecular formula is C11H26N2O3S. The van der Waals surface area contributed by atoms with E-state index >= 15 is 0 Å². The molecule has 0 amide bonds. The number of hydrogen-bond donors (Lipinski definition) is 2. The minimum absolute atomic E-state index is 0.191. The summed E-state index contributed by atoms with van der Waals surface area (Å²) in [4.78, 5) is 0. The van der Waals surface area contributed by atoms with Crippen molar-refractivity contribution in [3.05, 3.63) is 0 Å². The summed E-state index contributed by atoms with van der Waals surface area (Å²) >= 11 is 0. The van der Waals surface area contributed by atoms with Gasteiger partial charge in [0, 0.05) is 26.3 Å². The zero-order valence-electron chi connectivity index (χ0n) is 11.2. The molecule has 0 aliphatic rings. The molecule has 5 nitrogen and oxygen atoms in total. The molecule has 0 heterocycles. The Labute approximate surface area is 105 Å². The van der Waals surface area contributed by atoms with Gasteiger partial charge in [0.25, 0.3) is 0 Å². The van der Waals surface area contributed by atoms with E-state index in [1.54, 1.807) is 7.11 Å². The van der Waals surface area contributed by atoms with Crippen molar-refractivity contribution in [2.75, 3.05) is 32.6 Å². The third-order valence-corrected chi connectivity index (χ3v) is 3.71. The lowest BCUT2D eigenvalue weighted by Gasteiger charge is -2.09. The molecule has 0 fully saturated rings. The molecule has 0 saturated carbocycles. The van der Waals surface area contributed by atoms with E-state index in [-0.39, 0.29) is 5.75 Å². The number of ether oxygens (including phenoxy) is 1. The predicted octanol–water partition coefficient (Wildman–Crippen LogP) is 0.721. The van der Waals surface area contributed by atoms with Crippen LogP contribution >= 0.6 is 0 Å². The van der Waals surface area contributed by atoms with Gasteiger partial charge < -0.3 is 10.1 Å². The predicted molar refractivity (Wildman–Crippen MR) is 70.7 cm³/mol. The van der Waals surface area contributed by atoms with Crippen LogP contribution in [0.15, 0.2) is 0 Å². The Morgan fingerprint density at radius 1 is 1.12 bits per heavy atom. The van der Waals surface area contributed by atoms with Crippen LogP contribution in [0.25, 0.3) is 0 Å². The van der Waals surface area contributed by atoms with Crippen LogP contribution in [0, 0.1) is 0 Å². The molecular weight excluding hydrogens is 240 g/mol. The summed E-state index contributed by atoms with van der Waals surface area (Å²) in [5.41, 5.74) is 0. The monoisotopic (exact) mass is 266 g/mol. The van der Waals surface area contributed by atoms with Gasteiger partial charge in [0.15, 0.2) is 0 Å². The molecule has 0 saturated heterocycles. The molecule has 0 radical (unpaired) electrons. The van der Waals surface area contributed by atoms with Crippen molar-refractivity contribution in [2.24, 2.45) is 0 Å². The van der Waals surface area contributed by atoms with Crippen LogP contribution in [0.2, 0.25) is 0 Å². The minimum Gasteiger partial charge on any atom is -0.385 e. The van der Waals surface area contributed by atoms with Crippen molar-refractivity contribution >= 4 is 10.0 Å². The maximum atomic E-state index is 11.5. The van der Waals surface area contributed by atoms with Crippen LogP contribution in [-0.2, 0) is 14.8 Å². The summed E-state index contributed by atoms with van der Waals surface area (Å²) in [7, 11) is -1.45. The zero-order chi connectivity index (χ0) is 13.1. The molecule has 104 valence electrons. The van der Waals surface area contributed by atoms with E-state index < -0.39 is 10.0 Å². The van der Waals surface area contributed by atoms with Crippen LogP contribution in [0.4, 0.5) is 0 Å². The maximum Gasteiger partial charge on any atom is 0.211 e. The fourth-order valence-corrected chi connectivity index (χ4v) is 2.45. The Morgan fingerprint density at radius 3 is 2.41 bits per heavy atom. The lowest BCUT2D eigenvalue weighted by Crippen LogP contribution is -2.30.